The van der Waals surface area contributed by atoms with Crippen molar-refractivity contribution < 1.29 is 23.8 Å². The van der Waals surface area contributed by atoms with Gasteiger partial charge in [0.2, 0.25) is 0 Å². The van der Waals surface area contributed by atoms with E-state index in [1.54, 1.807) is 32.9 Å². The third kappa shape index (κ3) is 6.34. The van der Waals surface area contributed by atoms with Crippen molar-refractivity contribution in [3.63, 3.8) is 0 Å². The molecule has 0 radical (unpaired) electrons. The lowest BCUT2D eigenvalue weighted by molar-refractivity contribution is -0.143. The molecule has 0 spiro atoms. The molecule has 0 aromatic heterocycles. The molecule has 30 heavy (non-hydrogen) atoms. The van der Waals surface area contributed by atoms with Crippen LogP contribution >= 0.6 is 0 Å². The normalized spacial score (nSPS) is 11.9. The second-order valence-electron chi connectivity index (χ2n) is 8.07. The van der Waals surface area contributed by atoms with Crippen molar-refractivity contribution >= 4 is 11.9 Å². The molecule has 5 nitrogen and oxygen atoms in total. The van der Waals surface area contributed by atoms with E-state index in [2.05, 4.69) is 6.58 Å². The number of carbonyl (C=O) groups is 2. The van der Waals surface area contributed by atoms with Crippen LogP contribution in [-0.4, -0.2) is 11.9 Å². The van der Waals surface area contributed by atoms with Crippen LogP contribution in [0.4, 0.5) is 0 Å². The molecule has 158 valence electrons. The van der Waals surface area contributed by atoms with E-state index in [4.69, 9.17) is 14.2 Å². The van der Waals surface area contributed by atoms with Crippen molar-refractivity contribution in [1.29, 1.82) is 0 Å². The number of rotatable bonds is 6. The lowest BCUT2D eigenvalue weighted by Gasteiger charge is -2.16. The van der Waals surface area contributed by atoms with E-state index in [0.717, 1.165) is 11.1 Å². The Morgan fingerprint density at radius 3 is 1.57 bits per heavy atom. The van der Waals surface area contributed by atoms with Gasteiger partial charge in [-0.05, 0) is 76.9 Å². The smallest absolute Gasteiger partial charge is 0.338 e. The van der Waals surface area contributed by atoms with Crippen LogP contribution in [0.25, 0.3) is 11.1 Å². The Kier molecular flexibility index (Phi) is 7.22. The predicted octanol–water partition coefficient (Wildman–Crippen LogP) is 6.05. The van der Waals surface area contributed by atoms with E-state index in [-0.39, 0.29) is 5.97 Å². The van der Waals surface area contributed by atoms with Gasteiger partial charge in [0.25, 0.3) is 0 Å². The first kappa shape index (κ1) is 22.9. The van der Waals surface area contributed by atoms with Crippen molar-refractivity contribution in [2.24, 2.45) is 5.41 Å². The van der Waals surface area contributed by atoms with Crippen molar-refractivity contribution in [2.75, 3.05) is 0 Å². The minimum Gasteiger partial charge on any atom is -0.459 e. The average Bonchev–Trinajstić information content (AvgIpc) is 2.68. The van der Waals surface area contributed by atoms with Crippen LogP contribution in [-0.2, 0) is 14.3 Å². The van der Waals surface area contributed by atoms with E-state index in [9.17, 15) is 9.59 Å². The van der Waals surface area contributed by atoms with Crippen LogP contribution in [0.5, 0.6) is 11.5 Å². The fraction of sp³-hybridized carbons (Fsp3) is 0.280. The SMILES string of the molecule is C=C(C)C(=O)O/C(C)=C(\C)Oc1ccc(-c2ccc(OC(=O)C(C)(C)C)cc2)cc1. The lowest BCUT2D eigenvalue weighted by atomic mass is 9.97. The van der Waals surface area contributed by atoms with E-state index in [0.29, 0.717) is 28.6 Å². The van der Waals surface area contributed by atoms with Crippen LogP contribution in [0.1, 0.15) is 41.5 Å². The Labute approximate surface area is 178 Å². The molecule has 0 aliphatic heterocycles. The molecule has 0 bridgehead atoms. The molecule has 0 fully saturated rings. The molecule has 0 N–H and O–H groups in total. The number of benzene rings is 2. The fourth-order valence-electron chi connectivity index (χ4n) is 2.24. The lowest BCUT2D eigenvalue weighted by Crippen LogP contribution is -2.25. The molecule has 0 aliphatic rings. The molecular weight excluding hydrogens is 380 g/mol. The molecule has 2 aromatic rings. The highest BCUT2D eigenvalue weighted by Crippen LogP contribution is 2.27. The largest absolute Gasteiger partial charge is 0.459 e. The first-order valence-electron chi connectivity index (χ1n) is 9.63. The van der Waals surface area contributed by atoms with Gasteiger partial charge in [0.1, 0.15) is 23.0 Å². The summed E-state index contributed by atoms with van der Waals surface area (Å²) in [5.74, 6) is 1.25. The van der Waals surface area contributed by atoms with Gasteiger partial charge in [-0.1, -0.05) is 30.8 Å². The number of allylic oxidation sites excluding steroid dienone is 2. The summed E-state index contributed by atoms with van der Waals surface area (Å²) in [6.45, 7) is 14.0. The Morgan fingerprint density at radius 2 is 1.17 bits per heavy atom. The Bertz CT molecular complexity index is 958. The number of esters is 2. The maximum Gasteiger partial charge on any atom is 0.338 e. The molecule has 2 aromatic carbocycles. The van der Waals surface area contributed by atoms with Gasteiger partial charge in [0, 0.05) is 5.57 Å². The number of ether oxygens (including phenoxy) is 3. The zero-order valence-corrected chi connectivity index (χ0v) is 18.4. The van der Waals surface area contributed by atoms with Crippen LogP contribution < -0.4 is 9.47 Å². The van der Waals surface area contributed by atoms with Gasteiger partial charge in [0.05, 0.1) is 5.41 Å². The highest BCUT2D eigenvalue weighted by molar-refractivity contribution is 5.87. The standard InChI is InChI=1S/C25H28O5/c1-16(2)23(26)29-18(4)17(3)28-21-12-8-19(9-13-21)20-10-14-22(15-11-20)30-24(27)25(5,6)7/h8-15H,1H2,2-7H3/b18-17+. The molecule has 0 unspecified atom stereocenters. The highest BCUT2D eigenvalue weighted by Gasteiger charge is 2.23. The maximum absolute atomic E-state index is 12.0. The summed E-state index contributed by atoms with van der Waals surface area (Å²) in [5.41, 5.74) is 1.74. The zero-order chi connectivity index (χ0) is 22.5. The first-order valence-corrected chi connectivity index (χ1v) is 9.63. The van der Waals surface area contributed by atoms with E-state index in [1.807, 2.05) is 57.2 Å². The minimum absolute atomic E-state index is 0.274. The van der Waals surface area contributed by atoms with Crippen LogP contribution in [0.2, 0.25) is 0 Å². The minimum atomic E-state index is -0.553. The van der Waals surface area contributed by atoms with Gasteiger partial charge in [-0.3, -0.25) is 4.79 Å². The van der Waals surface area contributed by atoms with Crippen LogP contribution in [0.3, 0.4) is 0 Å². The number of carbonyl (C=O) groups excluding carboxylic acids is 2. The van der Waals surface area contributed by atoms with E-state index < -0.39 is 11.4 Å². The summed E-state index contributed by atoms with van der Waals surface area (Å²) < 4.78 is 16.3. The topological polar surface area (TPSA) is 61.8 Å². The summed E-state index contributed by atoms with van der Waals surface area (Å²) >= 11 is 0. The summed E-state index contributed by atoms with van der Waals surface area (Å²) in [7, 11) is 0. The van der Waals surface area contributed by atoms with E-state index in [1.165, 1.54) is 0 Å². The molecule has 0 atom stereocenters. The van der Waals surface area contributed by atoms with Gasteiger partial charge in [-0.2, -0.15) is 0 Å². The zero-order valence-electron chi connectivity index (χ0n) is 18.4. The third-order valence-corrected chi connectivity index (χ3v) is 4.23. The molecule has 0 saturated heterocycles. The Balaban J connectivity index is 2.06. The second kappa shape index (κ2) is 9.44. The first-order chi connectivity index (χ1) is 14.0. The summed E-state index contributed by atoms with van der Waals surface area (Å²) in [4.78, 5) is 23.6. The summed E-state index contributed by atoms with van der Waals surface area (Å²) in [5, 5.41) is 0. The molecule has 0 aliphatic carbocycles. The van der Waals surface area contributed by atoms with Gasteiger partial charge in [0.15, 0.2) is 0 Å². The third-order valence-electron chi connectivity index (χ3n) is 4.23. The van der Waals surface area contributed by atoms with E-state index >= 15 is 0 Å². The monoisotopic (exact) mass is 408 g/mol. The van der Waals surface area contributed by atoms with Crippen LogP contribution in [0.15, 0.2) is 72.2 Å². The van der Waals surface area contributed by atoms with Crippen molar-refractivity contribution in [3.05, 3.63) is 72.2 Å². The van der Waals surface area contributed by atoms with Crippen molar-refractivity contribution in [2.45, 2.75) is 41.5 Å². The van der Waals surface area contributed by atoms with Crippen molar-refractivity contribution in [1.82, 2.24) is 0 Å². The Hall–Kier alpha value is -3.34. The molecule has 0 heterocycles. The molecular formula is C25H28O5. The number of hydrogen-bond donors (Lipinski definition) is 0. The van der Waals surface area contributed by atoms with Gasteiger partial charge in [-0.25, -0.2) is 4.79 Å². The quantitative estimate of drug-likeness (QED) is 0.252. The van der Waals surface area contributed by atoms with Crippen molar-refractivity contribution in [3.8, 4) is 22.6 Å². The number of hydrogen-bond acceptors (Lipinski definition) is 5. The second-order valence-corrected chi connectivity index (χ2v) is 8.07. The highest BCUT2D eigenvalue weighted by atomic mass is 16.6. The molecule has 2 rings (SSSR count). The van der Waals surface area contributed by atoms with Gasteiger partial charge in [-0.15, -0.1) is 0 Å². The summed E-state index contributed by atoms with van der Waals surface area (Å²) in [6, 6.07) is 14.9. The average molecular weight is 408 g/mol. The maximum atomic E-state index is 12.0. The van der Waals surface area contributed by atoms with Gasteiger partial charge >= 0.3 is 11.9 Å². The van der Waals surface area contributed by atoms with Gasteiger partial charge < -0.3 is 14.2 Å². The molecule has 0 saturated carbocycles. The predicted molar refractivity (Wildman–Crippen MR) is 117 cm³/mol. The molecule has 0 amide bonds. The fourth-order valence-corrected chi connectivity index (χ4v) is 2.24. The summed E-state index contributed by atoms with van der Waals surface area (Å²) in [6.07, 6.45) is 0. The molecule has 5 heteroatoms. The Morgan fingerprint density at radius 1 is 0.733 bits per heavy atom. The van der Waals surface area contributed by atoms with Crippen LogP contribution in [0, 0.1) is 5.41 Å².